The van der Waals surface area contributed by atoms with E-state index < -0.39 is 28.0 Å². The summed E-state index contributed by atoms with van der Waals surface area (Å²) in [5.74, 6) is -0.889. The van der Waals surface area contributed by atoms with Gasteiger partial charge in [-0.1, -0.05) is 155 Å². The fourth-order valence-electron chi connectivity index (χ4n) is 5.10. The molecular weight excluding hydrogens is 498 g/mol. The summed E-state index contributed by atoms with van der Waals surface area (Å²) >= 11 is 0. The van der Waals surface area contributed by atoms with Crippen LogP contribution >= 0.6 is 0 Å². The van der Waals surface area contributed by atoms with Crippen LogP contribution in [0.4, 0.5) is 0 Å². The zero-order chi connectivity index (χ0) is 28.3. The summed E-state index contributed by atoms with van der Waals surface area (Å²) < 4.78 is 32.2. The Bertz CT molecular complexity index is 626. The molecule has 2 unspecified atom stereocenters. The Morgan fingerprint density at radius 2 is 0.947 bits per heavy atom. The van der Waals surface area contributed by atoms with Gasteiger partial charge >= 0.3 is 0 Å². The fraction of sp³-hybridized carbons (Fsp3) is 0.968. The molecule has 38 heavy (non-hydrogen) atoms. The van der Waals surface area contributed by atoms with Crippen molar-refractivity contribution in [2.45, 2.75) is 187 Å². The van der Waals surface area contributed by atoms with Crippen LogP contribution in [0.1, 0.15) is 174 Å². The van der Waals surface area contributed by atoms with Gasteiger partial charge in [0.05, 0.1) is 17.9 Å². The molecule has 3 N–H and O–H groups in total. The molecule has 0 radical (unpaired) electrons. The quantitative estimate of drug-likeness (QED) is 0.0627. The van der Waals surface area contributed by atoms with Crippen molar-refractivity contribution in [2.24, 2.45) is 0 Å². The maximum Gasteiger partial charge on any atom is 0.266 e. The van der Waals surface area contributed by atoms with E-state index in [2.05, 4.69) is 19.2 Å². The van der Waals surface area contributed by atoms with Crippen molar-refractivity contribution in [3.8, 4) is 0 Å². The van der Waals surface area contributed by atoms with Crippen molar-refractivity contribution in [3.63, 3.8) is 0 Å². The minimum absolute atomic E-state index is 0.247. The normalized spacial score (nSPS) is 13.5. The van der Waals surface area contributed by atoms with Crippen LogP contribution in [0, 0.1) is 0 Å². The Morgan fingerprint density at radius 1 is 0.605 bits per heavy atom. The molecule has 1 amide bonds. The minimum atomic E-state index is -4.29. The summed E-state index contributed by atoms with van der Waals surface area (Å²) in [5.41, 5.74) is 0. The van der Waals surface area contributed by atoms with Gasteiger partial charge in [0.2, 0.25) is 5.91 Å². The molecule has 7 heteroatoms. The van der Waals surface area contributed by atoms with E-state index in [-0.39, 0.29) is 5.91 Å². The lowest BCUT2D eigenvalue weighted by Gasteiger charge is -2.23. The fourth-order valence-corrected chi connectivity index (χ4v) is 5.86. The molecule has 0 aliphatic carbocycles. The molecule has 0 rings (SSSR count). The van der Waals surface area contributed by atoms with Crippen LogP contribution in [0.15, 0.2) is 0 Å². The summed E-state index contributed by atoms with van der Waals surface area (Å²) in [6.07, 6.45) is 27.6. The number of hydrogen-bond donors (Lipinski definition) is 3. The largest absolute Gasteiger partial charge is 0.391 e. The first-order valence-electron chi connectivity index (χ1n) is 16.2. The number of carbonyl (C=O) groups excluding carboxylic acids is 1. The van der Waals surface area contributed by atoms with Gasteiger partial charge in [0.25, 0.3) is 10.1 Å². The summed E-state index contributed by atoms with van der Waals surface area (Å²) in [7, 11) is -4.29. The molecule has 0 fully saturated rings. The SMILES string of the molecule is CCCCCCCCCCCCCCC(=O)NC(CS(=O)(=O)O)C(O)CCCCCCCCCCCCC. The van der Waals surface area contributed by atoms with Crippen molar-refractivity contribution in [1.29, 1.82) is 0 Å². The monoisotopic (exact) mass is 561 g/mol. The maximum absolute atomic E-state index is 12.4. The highest BCUT2D eigenvalue weighted by Crippen LogP contribution is 2.15. The highest BCUT2D eigenvalue weighted by atomic mass is 32.2. The molecule has 0 saturated carbocycles. The Hall–Kier alpha value is -0.660. The van der Waals surface area contributed by atoms with Crippen LogP contribution in [-0.2, 0) is 14.9 Å². The second-order valence-electron chi connectivity index (χ2n) is 11.5. The van der Waals surface area contributed by atoms with Crippen LogP contribution < -0.4 is 5.32 Å². The lowest BCUT2D eigenvalue weighted by Crippen LogP contribution is -2.47. The van der Waals surface area contributed by atoms with Crippen molar-refractivity contribution >= 4 is 16.0 Å². The first-order valence-corrected chi connectivity index (χ1v) is 17.8. The van der Waals surface area contributed by atoms with Crippen molar-refractivity contribution in [1.82, 2.24) is 5.32 Å². The molecule has 0 aliphatic heterocycles. The van der Waals surface area contributed by atoms with Gasteiger partial charge in [-0.25, -0.2) is 0 Å². The maximum atomic E-state index is 12.4. The first-order chi connectivity index (χ1) is 18.3. The summed E-state index contributed by atoms with van der Waals surface area (Å²) in [5, 5.41) is 13.2. The highest BCUT2D eigenvalue weighted by molar-refractivity contribution is 7.85. The molecule has 2 atom stereocenters. The molecule has 0 aliphatic rings. The molecule has 6 nitrogen and oxygen atoms in total. The smallest absolute Gasteiger partial charge is 0.266 e. The Balaban J connectivity index is 3.97. The number of carbonyl (C=O) groups is 1. The predicted octanol–water partition coefficient (Wildman–Crippen LogP) is 8.51. The molecule has 0 heterocycles. The second kappa shape index (κ2) is 26.6. The van der Waals surface area contributed by atoms with E-state index in [1.54, 1.807) is 0 Å². The third-order valence-electron chi connectivity index (χ3n) is 7.56. The number of unbranched alkanes of at least 4 members (excludes halogenated alkanes) is 21. The van der Waals surface area contributed by atoms with Crippen molar-refractivity contribution < 1.29 is 22.9 Å². The van der Waals surface area contributed by atoms with E-state index in [1.165, 1.54) is 109 Å². The zero-order valence-corrected chi connectivity index (χ0v) is 25.9. The molecule has 0 aromatic rings. The van der Waals surface area contributed by atoms with Crippen LogP contribution in [0.25, 0.3) is 0 Å². The van der Waals surface area contributed by atoms with E-state index in [0.717, 1.165) is 38.5 Å². The topological polar surface area (TPSA) is 104 Å². The Labute approximate surface area is 236 Å². The second-order valence-corrected chi connectivity index (χ2v) is 13.0. The molecule has 228 valence electrons. The van der Waals surface area contributed by atoms with E-state index in [9.17, 15) is 22.9 Å². The third-order valence-corrected chi connectivity index (χ3v) is 8.34. The Morgan fingerprint density at radius 3 is 1.32 bits per heavy atom. The van der Waals surface area contributed by atoms with Crippen LogP contribution in [0.3, 0.4) is 0 Å². The number of hydrogen-bond acceptors (Lipinski definition) is 4. The van der Waals surface area contributed by atoms with Gasteiger partial charge in [-0.2, -0.15) is 8.42 Å². The van der Waals surface area contributed by atoms with E-state index in [1.807, 2.05) is 0 Å². The lowest BCUT2D eigenvalue weighted by atomic mass is 10.0. The zero-order valence-electron chi connectivity index (χ0n) is 25.1. The average molecular weight is 562 g/mol. The molecular formula is C31H63NO5S. The van der Waals surface area contributed by atoms with Gasteiger partial charge in [0.15, 0.2) is 0 Å². The van der Waals surface area contributed by atoms with E-state index >= 15 is 0 Å². The van der Waals surface area contributed by atoms with E-state index in [0.29, 0.717) is 12.8 Å². The number of amides is 1. The number of nitrogens with one attached hydrogen (secondary N) is 1. The third kappa shape index (κ3) is 26.9. The van der Waals surface area contributed by atoms with Gasteiger partial charge in [0, 0.05) is 6.42 Å². The van der Waals surface area contributed by atoms with Crippen molar-refractivity contribution in [3.05, 3.63) is 0 Å². The van der Waals surface area contributed by atoms with Crippen LogP contribution in [0.5, 0.6) is 0 Å². The first kappa shape index (κ1) is 37.3. The minimum Gasteiger partial charge on any atom is -0.391 e. The van der Waals surface area contributed by atoms with Gasteiger partial charge in [-0.05, 0) is 12.8 Å². The van der Waals surface area contributed by atoms with Gasteiger partial charge in [-0.15, -0.1) is 0 Å². The molecule has 0 bridgehead atoms. The molecule has 0 aromatic carbocycles. The summed E-state index contributed by atoms with van der Waals surface area (Å²) in [6.45, 7) is 4.47. The number of aliphatic hydroxyl groups excluding tert-OH is 1. The van der Waals surface area contributed by atoms with Gasteiger partial charge in [0.1, 0.15) is 0 Å². The predicted molar refractivity (Wildman–Crippen MR) is 161 cm³/mol. The molecule has 0 spiro atoms. The standard InChI is InChI=1S/C31H63NO5S/c1-3-5-7-9-11-13-15-17-19-21-23-25-27-31(34)32-29(28-38(35,36)37)30(33)26-24-22-20-18-16-14-12-10-8-6-4-2/h29-30,33H,3-28H2,1-2H3,(H,32,34)(H,35,36,37). The van der Waals surface area contributed by atoms with E-state index in [4.69, 9.17) is 0 Å². The molecule has 0 saturated heterocycles. The average Bonchev–Trinajstić information content (AvgIpc) is 2.86. The van der Waals surface area contributed by atoms with Gasteiger partial charge < -0.3 is 10.4 Å². The van der Waals surface area contributed by atoms with Crippen LogP contribution in [0.2, 0.25) is 0 Å². The Kier molecular flexibility index (Phi) is 26.1. The number of aliphatic hydroxyl groups is 1. The van der Waals surface area contributed by atoms with Crippen LogP contribution in [-0.4, -0.2) is 41.9 Å². The highest BCUT2D eigenvalue weighted by Gasteiger charge is 2.26. The van der Waals surface area contributed by atoms with Gasteiger partial charge in [-0.3, -0.25) is 9.35 Å². The molecule has 0 aromatic heterocycles. The lowest BCUT2D eigenvalue weighted by molar-refractivity contribution is -0.122. The summed E-state index contributed by atoms with van der Waals surface area (Å²) in [6, 6.07) is -0.960. The van der Waals surface area contributed by atoms with Crippen molar-refractivity contribution in [2.75, 3.05) is 5.75 Å². The number of rotatable bonds is 29. The summed E-state index contributed by atoms with van der Waals surface area (Å²) in [4.78, 5) is 12.4.